The van der Waals surface area contributed by atoms with E-state index in [-0.39, 0.29) is 30.7 Å². The maximum Gasteiger partial charge on any atom is 0.244 e. The lowest BCUT2D eigenvalue weighted by molar-refractivity contribution is -0.134. The van der Waals surface area contributed by atoms with Crippen LogP contribution in [-0.4, -0.2) is 46.8 Å². The maximum atomic E-state index is 12.4. The molecule has 1 aromatic rings. The Kier molecular flexibility index (Phi) is 6.71. The highest BCUT2D eigenvalue weighted by Crippen LogP contribution is 2.36. The van der Waals surface area contributed by atoms with Crippen molar-refractivity contribution < 1.29 is 4.79 Å². The first-order valence-corrected chi connectivity index (χ1v) is 7.58. The largest absolute Gasteiger partial charge is 0.341 e. The predicted molar refractivity (Wildman–Crippen MR) is 91.9 cm³/mol. The van der Waals surface area contributed by atoms with Crippen LogP contribution in [0.1, 0.15) is 30.7 Å². The average molecular weight is 349 g/mol. The number of aryl methyl sites for hydroxylation is 2. The number of hydrogen-bond acceptors (Lipinski definition) is 3. The molecule has 1 aromatic heterocycles. The Balaban J connectivity index is 0.00000121. The van der Waals surface area contributed by atoms with Gasteiger partial charge in [-0.2, -0.15) is 5.10 Å². The minimum atomic E-state index is 0. The van der Waals surface area contributed by atoms with Gasteiger partial charge < -0.3 is 10.2 Å². The topological polar surface area (TPSA) is 50.2 Å². The number of carbonyl (C=O) groups is 1. The summed E-state index contributed by atoms with van der Waals surface area (Å²) >= 11 is 0. The molecule has 0 saturated carbocycles. The number of carbonyl (C=O) groups excluding carboxylic acids is 1. The summed E-state index contributed by atoms with van der Waals surface area (Å²) in [6.45, 7) is 8.42. The van der Waals surface area contributed by atoms with E-state index in [0.717, 1.165) is 50.4 Å². The van der Waals surface area contributed by atoms with Gasteiger partial charge in [-0.05, 0) is 51.1 Å². The zero-order valence-electron chi connectivity index (χ0n) is 13.3. The number of hydrogen-bond donors (Lipinski definition) is 1. The second kappa shape index (κ2) is 7.66. The number of rotatable bonds is 2. The summed E-state index contributed by atoms with van der Waals surface area (Å²) in [6.07, 6.45) is 3.55. The Bertz CT molecular complexity index is 502. The minimum Gasteiger partial charge on any atom is -0.341 e. The molecule has 5 nitrogen and oxygen atoms in total. The van der Waals surface area contributed by atoms with Crippen LogP contribution >= 0.6 is 24.8 Å². The lowest BCUT2D eigenvalue weighted by Gasteiger charge is -2.38. The maximum absolute atomic E-state index is 12.4. The lowest BCUT2D eigenvalue weighted by Crippen LogP contribution is -2.45. The SMILES string of the molecule is Cc1cc(C)n(CC(=O)N2CCC3(CCNC3)CC2)n1.Cl.Cl. The molecule has 2 aliphatic heterocycles. The molecule has 0 aromatic carbocycles. The fourth-order valence-corrected chi connectivity index (χ4v) is 3.52. The first kappa shape index (κ1) is 19.3. The monoisotopic (exact) mass is 348 g/mol. The van der Waals surface area contributed by atoms with Gasteiger partial charge in [0.15, 0.2) is 0 Å². The Labute approximate surface area is 144 Å². The smallest absolute Gasteiger partial charge is 0.244 e. The Hall–Kier alpha value is -0.780. The highest BCUT2D eigenvalue weighted by atomic mass is 35.5. The average Bonchev–Trinajstić information content (AvgIpc) is 2.98. The molecule has 0 bridgehead atoms. The number of amides is 1. The third kappa shape index (κ3) is 3.94. The van der Waals surface area contributed by atoms with Crippen LogP contribution in [0, 0.1) is 19.3 Å². The summed E-state index contributed by atoms with van der Waals surface area (Å²) < 4.78 is 1.82. The van der Waals surface area contributed by atoms with Crippen molar-refractivity contribution in [2.45, 2.75) is 39.7 Å². The van der Waals surface area contributed by atoms with E-state index >= 15 is 0 Å². The molecule has 2 saturated heterocycles. The summed E-state index contributed by atoms with van der Waals surface area (Å²) in [4.78, 5) is 14.4. The highest BCUT2D eigenvalue weighted by Gasteiger charge is 2.37. The molecular weight excluding hydrogens is 323 g/mol. The Morgan fingerprint density at radius 1 is 1.27 bits per heavy atom. The number of halogens is 2. The number of likely N-dealkylation sites (tertiary alicyclic amines) is 1. The van der Waals surface area contributed by atoms with Gasteiger partial charge in [0.25, 0.3) is 0 Å². The molecule has 2 fully saturated rings. The fraction of sp³-hybridized carbons (Fsp3) is 0.733. The molecule has 1 spiro atoms. The standard InChI is InChI=1S/C15H24N4O.2ClH/c1-12-9-13(2)19(17-12)10-14(20)18-7-4-15(5-8-18)3-6-16-11-15;;/h9,16H,3-8,10-11H2,1-2H3;2*1H. The first-order chi connectivity index (χ1) is 9.58. The molecule has 0 atom stereocenters. The van der Waals surface area contributed by atoms with Gasteiger partial charge in [-0.3, -0.25) is 9.48 Å². The fourth-order valence-electron chi connectivity index (χ4n) is 3.52. The van der Waals surface area contributed by atoms with Crippen molar-refractivity contribution in [1.29, 1.82) is 0 Å². The third-order valence-electron chi connectivity index (χ3n) is 4.90. The molecule has 3 rings (SSSR count). The van der Waals surface area contributed by atoms with Crippen LogP contribution in [0.5, 0.6) is 0 Å². The van der Waals surface area contributed by atoms with E-state index < -0.39 is 0 Å². The van der Waals surface area contributed by atoms with Gasteiger partial charge in [-0.25, -0.2) is 0 Å². The Morgan fingerprint density at radius 2 is 1.95 bits per heavy atom. The van der Waals surface area contributed by atoms with Crippen LogP contribution in [0.4, 0.5) is 0 Å². The van der Waals surface area contributed by atoms with Crippen LogP contribution in [0.2, 0.25) is 0 Å². The van der Waals surface area contributed by atoms with Crippen molar-refractivity contribution in [3.8, 4) is 0 Å². The van der Waals surface area contributed by atoms with Crippen LogP contribution in [-0.2, 0) is 11.3 Å². The molecule has 1 N–H and O–H groups in total. The van der Waals surface area contributed by atoms with Gasteiger partial charge in [0.2, 0.25) is 5.91 Å². The number of piperidine rings is 1. The molecule has 1 amide bonds. The van der Waals surface area contributed by atoms with Gasteiger partial charge in [-0.15, -0.1) is 24.8 Å². The van der Waals surface area contributed by atoms with Crippen molar-refractivity contribution >= 4 is 30.7 Å². The number of nitrogens with one attached hydrogen (secondary N) is 1. The molecule has 7 heteroatoms. The van der Waals surface area contributed by atoms with E-state index in [0.29, 0.717) is 12.0 Å². The minimum absolute atomic E-state index is 0. The second-order valence-electron chi connectivity index (χ2n) is 6.39. The molecule has 0 aliphatic carbocycles. The Morgan fingerprint density at radius 3 is 2.45 bits per heavy atom. The van der Waals surface area contributed by atoms with E-state index in [2.05, 4.69) is 10.4 Å². The quantitative estimate of drug-likeness (QED) is 0.888. The second-order valence-corrected chi connectivity index (χ2v) is 6.39. The summed E-state index contributed by atoms with van der Waals surface area (Å²) in [5.41, 5.74) is 2.50. The van der Waals surface area contributed by atoms with Crippen LogP contribution in [0.3, 0.4) is 0 Å². The van der Waals surface area contributed by atoms with Gasteiger partial charge in [0.1, 0.15) is 6.54 Å². The zero-order valence-corrected chi connectivity index (χ0v) is 14.9. The van der Waals surface area contributed by atoms with Crippen molar-refractivity contribution in [2.24, 2.45) is 5.41 Å². The first-order valence-electron chi connectivity index (χ1n) is 7.58. The summed E-state index contributed by atoms with van der Waals surface area (Å²) in [6, 6.07) is 2.02. The molecular formula is C15H26Cl2N4O. The van der Waals surface area contributed by atoms with Crippen molar-refractivity contribution in [2.75, 3.05) is 26.2 Å². The number of aromatic nitrogens is 2. The predicted octanol–water partition coefficient (Wildman–Crippen LogP) is 1.95. The van der Waals surface area contributed by atoms with Gasteiger partial charge in [0.05, 0.1) is 5.69 Å². The molecule has 2 aliphatic rings. The third-order valence-corrected chi connectivity index (χ3v) is 4.90. The van der Waals surface area contributed by atoms with Crippen molar-refractivity contribution in [3.05, 3.63) is 17.5 Å². The number of nitrogens with zero attached hydrogens (tertiary/aromatic N) is 3. The summed E-state index contributed by atoms with van der Waals surface area (Å²) in [5.74, 6) is 0.206. The lowest BCUT2D eigenvalue weighted by atomic mass is 9.78. The van der Waals surface area contributed by atoms with E-state index in [4.69, 9.17) is 0 Å². The molecule has 3 heterocycles. The van der Waals surface area contributed by atoms with Gasteiger partial charge >= 0.3 is 0 Å². The highest BCUT2D eigenvalue weighted by molar-refractivity contribution is 5.85. The normalized spacial score (nSPS) is 19.6. The molecule has 126 valence electrons. The van der Waals surface area contributed by atoms with Gasteiger partial charge in [-0.1, -0.05) is 0 Å². The molecule has 0 unspecified atom stereocenters. The van der Waals surface area contributed by atoms with Crippen molar-refractivity contribution in [3.63, 3.8) is 0 Å². The van der Waals surface area contributed by atoms with E-state index in [1.807, 2.05) is 29.5 Å². The van der Waals surface area contributed by atoms with Crippen LogP contribution < -0.4 is 5.32 Å². The van der Waals surface area contributed by atoms with E-state index in [1.165, 1.54) is 6.42 Å². The van der Waals surface area contributed by atoms with E-state index in [1.54, 1.807) is 0 Å². The van der Waals surface area contributed by atoms with Crippen LogP contribution in [0.15, 0.2) is 6.07 Å². The van der Waals surface area contributed by atoms with Gasteiger partial charge in [0, 0.05) is 25.3 Å². The summed E-state index contributed by atoms with van der Waals surface area (Å²) in [7, 11) is 0. The molecule has 0 radical (unpaired) electrons. The van der Waals surface area contributed by atoms with Crippen LogP contribution in [0.25, 0.3) is 0 Å². The zero-order chi connectivity index (χ0) is 14.2. The van der Waals surface area contributed by atoms with E-state index in [9.17, 15) is 4.79 Å². The van der Waals surface area contributed by atoms with Crippen molar-refractivity contribution in [1.82, 2.24) is 20.0 Å². The summed E-state index contributed by atoms with van der Waals surface area (Å²) in [5, 5.41) is 7.83. The molecule has 22 heavy (non-hydrogen) atoms.